The van der Waals surface area contributed by atoms with Gasteiger partial charge < -0.3 is 55.4 Å². The van der Waals surface area contributed by atoms with Gasteiger partial charge in [-0.05, 0) is 145 Å². The summed E-state index contributed by atoms with van der Waals surface area (Å²) >= 11 is 0. The highest BCUT2D eigenvalue weighted by molar-refractivity contribution is 5.75. The van der Waals surface area contributed by atoms with Crippen LogP contribution in [0, 0.1) is 11.8 Å². The Bertz CT molecular complexity index is 3850. The maximum atomic E-state index is 13.9. The molecule has 94 heavy (non-hydrogen) atoms. The monoisotopic (exact) mass is 1280 g/mol. The van der Waals surface area contributed by atoms with E-state index in [1.807, 2.05) is 31.3 Å². The van der Waals surface area contributed by atoms with Crippen LogP contribution in [0.3, 0.4) is 0 Å². The Hall–Kier alpha value is -9.28. The summed E-state index contributed by atoms with van der Waals surface area (Å²) < 4.78 is 24.5. The van der Waals surface area contributed by atoms with Crippen molar-refractivity contribution < 1.29 is 29.2 Å². The van der Waals surface area contributed by atoms with Crippen molar-refractivity contribution in [3.8, 4) is 84.8 Å². The minimum atomic E-state index is -0.938. The lowest BCUT2D eigenvalue weighted by atomic mass is 9.79. The van der Waals surface area contributed by atoms with E-state index in [1.165, 1.54) is 0 Å². The smallest absolute Gasteiger partial charge is 0.245 e. The Balaban J connectivity index is 0.000000135. The molecule has 0 aliphatic carbocycles. The molecular weight excluding hydrogens is 1200 g/mol. The number of piperidine rings is 1. The molecule has 492 valence electrons. The molecule has 4 atom stereocenters. The number of ether oxygens (including phenoxy) is 2. The van der Waals surface area contributed by atoms with Gasteiger partial charge in [-0.1, -0.05) is 18.2 Å². The number of rotatable bonds is 16. The average Bonchev–Trinajstić information content (AvgIpc) is 0.971. The second kappa shape index (κ2) is 29.3. The van der Waals surface area contributed by atoms with Gasteiger partial charge in [0.05, 0.1) is 43.2 Å². The molecule has 6 aromatic heterocycles. The maximum absolute atomic E-state index is 13.9. The molecule has 0 amide bonds. The van der Waals surface area contributed by atoms with Gasteiger partial charge in [0.1, 0.15) is 34.8 Å². The summed E-state index contributed by atoms with van der Waals surface area (Å²) in [6.45, 7) is 16.7. The zero-order valence-corrected chi connectivity index (χ0v) is 53.6. The molecule has 14 rings (SSSR count). The fraction of sp³-hybridized carbons (Fsp3) is 0.448. The molecule has 3 aromatic carbocycles. The molecule has 5 fully saturated rings. The molecule has 26 nitrogen and oxygen atoms in total. The third kappa shape index (κ3) is 16.2. The van der Waals surface area contributed by atoms with E-state index in [4.69, 9.17) is 9.47 Å². The quantitative estimate of drug-likeness (QED) is 0.0456. The van der Waals surface area contributed by atoms with Crippen molar-refractivity contribution >= 4 is 17.7 Å². The number of phenolic OH excluding ortho intramolecular Hbond substituents is 3. The van der Waals surface area contributed by atoms with Crippen LogP contribution >= 0.6 is 0 Å². The number of benzene rings is 3. The number of phenols is 3. The van der Waals surface area contributed by atoms with Crippen LogP contribution in [0.4, 0.5) is 22.1 Å². The van der Waals surface area contributed by atoms with E-state index < -0.39 is 6.17 Å². The minimum absolute atomic E-state index is 0.0392. The number of aromatic hydroxyl groups is 3. The molecule has 0 saturated carbocycles. The third-order valence-electron chi connectivity index (χ3n) is 18.0. The molecule has 0 radical (unpaired) electrons. The first-order valence-corrected chi connectivity index (χ1v) is 32.2. The van der Waals surface area contributed by atoms with Crippen molar-refractivity contribution in [3.63, 3.8) is 0 Å². The van der Waals surface area contributed by atoms with Crippen LogP contribution < -0.4 is 30.7 Å². The SMILES string of the molecule is CN(c1cnc(-c2ccc(-c3ncccn3)cc2O)nn1)C1CC(C)(C)NC(C)(C)C1.Oc1cc(-c2cn[nH]c2)ccc1-c1cnc(N2CCC(CNC3CCOCC3)C2)nn1.Oc1cc(-c2cn[nH]c2)ccc1-c1cnc(N2CCC(CNC3CCOCC3F)C2)nn1. The van der Waals surface area contributed by atoms with Crippen LogP contribution in [-0.2, 0) is 9.47 Å². The topological polar surface area (TPSA) is 324 Å². The first-order chi connectivity index (χ1) is 45.6. The largest absolute Gasteiger partial charge is 0.507 e. The second-order valence-corrected chi connectivity index (χ2v) is 26.1. The standard InChI is InChI=1S/C23H29N7O.C22H26FN7O2.C22H27N7O2/c1-22(2)12-16(13-23(3,4)29-22)30(5)19-14-26-21(28-27-19)17-8-7-15(11-18(17)31)20-24-9-6-10-25-20;23-18-13-32-6-4-19(18)24-8-14-3-5-30(12-14)22-25-11-20(28-29-22)17-2-1-15(7-21(17)31)16-9-26-27-10-16;30-21-9-16(17-11-25-26-12-17)1-2-19(21)20-13-24-22(28-27-20)29-6-3-15(14-29)10-23-18-4-7-31-8-5-18/h6-11,14,16,29,31H,12-13H2,1-5H3;1-2,7,9-11,14,18-19,24,31H,3-6,8,12-13H2,(H,26,27);1-2,9,11-13,15,18,23,30H,3-8,10,14H2,(H,25,26). The Morgan fingerprint density at radius 1 is 0.574 bits per heavy atom. The Labute approximate surface area is 545 Å². The van der Waals surface area contributed by atoms with Crippen LogP contribution in [-0.4, -0.2) is 199 Å². The number of nitrogens with one attached hydrogen (secondary N) is 5. The lowest BCUT2D eigenvalue weighted by molar-refractivity contribution is 0.0133. The fourth-order valence-corrected chi connectivity index (χ4v) is 13.2. The van der Waals surface area contributed by atoms with Gasteiger partial charge in [0.2, 0.25) is 11.9 Å². The summed E-state index contributed by atoms with van der Waals surface area (Å²) in [5.74, 6) is 4.17. The van der Waals surface area contributed by atoms with Gasteiger partial charge in [0.25, 0.3) is 0 Å². The van der Waals surface area contributed by atoms with E-state index in [1.54, 1.807) is 92.2 Å². The number of alkyl halides is 1. The summed E-state index contributed by atoms with van der Waals surface area (Å²) in [5.41, 5.74) is 7.11. The van der Waals surface area contributed by atoms with Gasteiger partial charge in [-0.25, -0.2) is 29.3 Å². The fourth-order valence-electron chi connectivity index (χ4n) is 13.2. The first kappa shape index (κ1) is 64.8. The van der Waals surface area contributed by atoms with E-state index in [2.05, 4.69) is 134 Å². The third-order valence-corrected chi connectivity index (χ3v) is 18.0. The summed E-state index contributed by atoms with van der Waals surface area (Å²) in [6, 6.07) is 18.6. The summed E-state index contributed by atoms with van der Waals surface area (Å²) in [5, 5.41) is 81.6. The van der Waals surface area contributed by atoms with Gasteiger partial charge >= 0.3 is 0 Å². The van der Waals surface area contributed by atoms with E-state index >= 15 is 0 Å². The van der Waals surface area contributed by atoms with Crippen molar-refractivity contribution in [1.82, 2.24) is 91.9 Å². The van der Waals surface area contributed by atoms with Gasteiger partial charge in [0.15, 0.2) is 17.5 Å². The zero-order chi connectivity index (χ0) is 65.2. The van der Waals surface area contributed by atoms with Crippen molar-refractivity contribution in [2.24, 2.45) is 11.8 Å². The molecule has 5 aliphatic heterocycles. The highest BCUT2D eigenvalue weighted by Gasteiger charge is 2.40. The van der Waals surface area contributed by atoms with Crippen molar-refractivity contribution in [3.05, 3.63) is 116 Å². The highest BCUT2D eigenvalue weighted by Crippen LogP contribution is 2.37. The molecule has 9 aromatic rings. The van der Waals surface area contributed by atoms with Crippen LogP contribution in [0.25, 0.3) is 67.5 Å². The first-order valence-electron chi connectivity index (χ1n) is 32.2. The molecule has 27 heteroatoms. The minimum Gasteiger partial charge on any atom is -0.507 e. The normalized spacial score (nSPS) is 20.4. The van der Waals surface area contributed by atoms with Crippen LogP contribution in [0.2, 0.25) is 0 Å². The van der Waals surface area contributed by atoms with Gasteiger partial charge in [-0.2, -0.15) is 10.2 Å². The van der Waals surface area contributed by atoms with Gasteiger partial charge in [-0.3, -0.25) is 10.2 Å². The zero-order valence-electron chi connectivity index (χ0n) is 53.6. The number of halogens is 1. The molecule has 5 saturated heterocycles. The maximum Gasteiger partial charge on any atom is 0.245 e. The van der Waals surface area contributed by atoms with E-state index in [0.717, 1.165) is 125 Å². The Morgan fingerprint density at radius 3 is 1.63 bits per heavy atom. The van der Waals surface area contributed by atoms with Crippen LogP contribution in [0.5, 0.6) is 17.2 Å². The van der Waals surface area contributed by atoms with Crippen molar-refractivity contribution in [1.29, 1.82) is 0 Å². The number of hydrogen-bond donors (Lipinski definition) is 8. The molecule has 0 bridgehead atoms. The number of aromatic amines is 2. The lowest BCUT2D eigenvalue weighted by Gasteiger charge is -2.49. The molecule has 8 N–H and O–H groups in total. The number of nitrogens with zero attached hydrogens (tertiary/aromatic N) is 16. The molecule has 4 unspecified atom stereocenters. The second-order valence-electron chi connectivity index (χ2n) is 26.1. The number of H-pyrrole nitrogens is 2. The summed E-state index contributed by atoms with van der Waals surface area (Å²) in [7, 11) is 2.04. The van der Waals surface area contributed by atoms with E-state index in [9.17, 15) is 19.7 Å². The number of hydrogen-bond acceptors (Lipinski definition) is 24. The lowest BCUT2D eigenvalue weighted by Crippen LogP contribution is -2.62. The van der Waals surface area contributed by atoms with Crippen LogP contribution in [0.15, 0.2) is 116 Å². The Morgan fingerprint density at radius 2 is 1.12 bits per heavy atom. The number of aromatic nitrogens is 15. The molecule has 0 spiro atoms. The predicted molar refractivity (Wildman–Crippen MR) is 354 cm³/mol. The highest BCUT2D eigenvalue weighted by atomic mass is 19.1. The summed E-state index contributed by atoms with van der Waals surface area (Å²) in [4.78, 5) is 28.3. The summed E-state index contributed by atoms with van der Waals surface area (Å²) in [6.07, 6.45) is 21.4. The average molecular weight is 1280 g/mol. The van der Waals surface area contributed by atoms with Crippen LogP contribution in [0.1, 0.15) is 72.6 Å². The molecule has 11 heterocycles. The van der Waals surface area contributed by atoms with Gasteiger partial charge in [0, 0.05) is 141 Å². The Kier molecular flexibility index (Phi) is 20.2. The van der Waals surface area contributed by atoms with Gasteiger partial charge in [-0.15, -0.1) is 30.6 Å². The molecule has 5 aliphatic rings. The van der Waals surface area contributed by atoms with Crippen molar-refractivity contribution in [2.45, 2.75) is 108 Å². The van der Waals surface area contributed by atoms with Crippen molar-refractivity contribution in [2.75, 3.05) is 87.4 Å². The van der Waals surface area contributed by atoms with E-state index in [0.29, 0.717) is 88.6 Å². The van der Waals surface area contributed by atoms with E-state index in [-0.39, 0.29) is 41.0 Å². The predicted octanol–water partition coefficient (Wildman–Crippen LogP) is 7.85. The number of anilines is 3. The molecular formula is C67H82FN21O5.